The lowest BCUT2D eigenvalue weighted by molar-refractivity contribution is 0.00554. The minimum Gasteiger partial charge on any atom is -0.389 e. The van der Waals surface area contributed by atoms with Crippen LogP contribution in [0.25, 0.3) is 0 Å². The van der Waals surface area contributed by atoms with Crippen LogP contribution in [0.3, 0.4) is 0 Å². The van der Waals surface area contributed by atoms with E-state index in [9.17, 15) is 5.11 Å². The molecule has 0 amide bonds. The lowest BCUT2D eigenvalue weighted by Gasteiger charge is -2.33. The number of aromatic amines is 1. The molecule has 0 radical (unpaired) electrons. The second-order valence-corrected chi connectivity index (χ2v) is 6.74. The zero-order valence-corrected chi connectivity index (χ0v) is 14.5. The topological polar surface area (TPSA) is 61.4 Å². The Hall–Kier alpha value is -1.40. The van der Waals surface area contributed by atoms with Gasteiger partial charge in [-0.05, 0) is 31.0 Å². The number of halogens is 1. The quantitative estimate of drug-likeness (QED) is 0.807. The maximum Gasteiger partial charge on any atom is 0.110 e. The van der Waals surface area contributed by atoms with E-state index in [1.807, 2.05) is 30.5 Å². The van der Waals surface area contributed by atoms with Crippen LogP contribution in [0.5, 0.6) is 0 Å². The Morgan fingerprint density at radius 1 is 1.42 bits per heavy atom. The van der Waals surface area contributed by atoms with Crippen molar-refractivity contribution in [2.75, 3.05) is 26.2 Å². The third kappa shape index (κ3) is 4.80. The van der Waals surface area contributed by atoms with E-state index in [1.165, 1.54) is 0 Å². The molecule has 1 aliphatic rings. The van der Waals surface area contributed by atoms with Crippen molar-refractivity contribution in [3.63, 3.8) is 0 Å². The highest BCUT2D eigenvalue weighted by atomic mass is 35.5. The van der Waals surface area contributed by atoms with Gasteiger partial charge in [0.25, 0.3) is 0 Å². The predicted molar refractivity (Wildman–Crippen MR) is 94.1 cm³/mol. The molecule has 0 bridgehead atoms. The molecule has 3 rings (SSSR count). The molecule has 0 spiro atoms. The number of aliphatic hydroxyl groups is 1. The second-order valence-electron chi connectivity index (χ2n) is 6.33. The number of imidazole rings is 1. The maximum atomic E-state index is 10.2. The lowest BCUT2D eigenvalue weighted by atomic mass is 9.97. The molecular weight excluding hydrogens is 326 g/mol. The molecular formula is C18H24ClN3O2. The van der Waals surface area contributed by atoms with Gasteiger partial charge in [-0.2, -0.15) is 0 Å². The number of β-amino-alcohol motifs (C(OH)–C–C–N with tert-alkyl or cyclic N) is 1. The Kier molecular flexibility index (Phi) is 6.26. The van der Waals surface area contributed by atoms with Crippen molar-refractivity contribution in [3.05, 3.63) is 53.1 Å². The van der Waals surface area contributed by atoms with E-state index in [0.717, 1.165) is 37.3 Å². The first-order valence-electron chi connectivity index (χ1n) is 8.43. The fourth-order valence-corrected chi connectivity index (χ4v) is 3.41. The summed E-state index contributed by atoms with van der Waals surface area (Å²) in [7, 11) is 0. The summed E-state index contributed by atoms with van der Waals surface area (Å²) in [6.45, 7) is 3.30. The number of nitrogens with one attached hydrogen (secondary N) is 1. The molecule has 130 valence electrons. The van der Waals surface area contributed by atoms with Crippen molar-refractivity contribution in [2.24, 2.45) is 0 Å². The summed E-state index contributed by atoms with van der Waals surface area (Å²) in [5, 5.41) is 10.9. The highest BCUT2D eigenvalue weighted by molar-refractivity contribution is 6.31. The van der Waals surface area contributed by atoms with Gasteiger partial charge < -0.3 is 14.8 Å². The average Bonchev–Trinajstić information content (AvgIpc) is 3.11. The minimum absolute atomic E-state index is 0.313. The molecule has 2 unspecified atom stereocenters. The van der Waals surface area contributed by atoms with Crippen LogP contribution in [0.1, 0.15) is 30.1 Å². The Balaban J connectivity index is 1.41. The minimum atomic E-state index is -0.497. The van der Waals surface area contributed by atoms with E-state index in [1.54, 1.807) is 6.20 Å². The molecule has 1 aromatic heterocycles. The molecule has 2 atom stereocenters. The average molecular weight is 350 g/mol. The molecule has 0 aliphatic carbocycles. The van der Waals surface area contributed by atoms with Crippen LogP contribution in [-0.4, -0.2) is 52.3 Å². The van der Waals surface area contributed by atoms with Gasteiger partial charge in [-0.25, -0.2) is 4.98 Å². The summed E-state index contributed by atoms with van der Waals surface area (Å²) in [6.07, 6.45) is 5.43. The first-order valence-corrected chi connectivity index (χ1v) is 8.81. The first kappa shape index (κ1) is 17.4. The second kappa shape index (κ2) is 8.62. The maximum absolute atomic E-state index is 10.2. The largest absolute Gasteiger partial charge is 0.389 e. The standard InChI is InChI=1S/C18H24ClN3O2/c19-17-6-2-1-4-15(17)12-24-13-16(23)11-22-9-3-5-14(10-22)18-20-7-8-21-18/h1-2,4,6-8,14,16,23H,3,5,9-13H2,(H,20,21). The van der Waals surface area contributed by atoms with Crippen LogP contribution in [-0.2, 0) is 11.3 Å². The van der Waals surface area contributed by atoms with E-state index >= 15 is 0 Å². The van der Waals surface area contributed by atoms with E-state index in [0.29, 0.717) is 30.7 Å². The van der Waals surface area contributed by atoms with Crippen molar-refractivity contribution in [2.45, 2.75) is 31.5 Å². The van der Waals surface area contributed by atoms with Gasteiger partial charge in [-0.15, -0.1) is 0 Å². The highest BCUT2D eigenvalue weighted by Crippen LogP contribution is 2.24. The number of piperidine rings is 1. The van der Waals surface area contributed by atoms with E-state index in [-0.39, 0.29) is 0 Å². The SMILES string of the molecule is OC(COCc1ccccc1Cl)CN1CCCC(c2ncc[nH]2)C1. The number of nitrogens with zero attached hydrogens (tertiary/aromatic N) is 2. The molecule has 5 nitrogen and oxygen atoms in total. The van der Waals surface area contributed by atoms with Gasteiger partial charge in [0, 0.05) is 36.4 Å². The van der Waals surface area contributed by atoms with Crippen LogP contribution in [0.4, 0.5) is 0 Å². The molecule has 2 N–H and O–H groups in total. The van der Waals surface area contributed by atoms with Gasteiger partial charge >= 0.3 is 0 Å². The zero-order chi connectivity index (χ0) is 16.8. The number of benzene rings is 1. The van der Waals surface area contributed by atoms with E-state index in [4.69, 9.17) is 16.3 Å². The van der Waals surface area contributed by atoms with Gasteiger partial charge in [-0.1, -0.05) is 29.8 Å². The van der Waals surface area contributed by atoms with Crippen LogP contribution in [0.2, 0.25) is 5.02 Å². The summed E-state index contributed by atoms with van der Waals surface area (Å²) in [5.74, 6) is 1.47. The molecule has 0 saturated carbocycles. The van der Waals surface area contributed by atoms with Crippen LogP contribution < -0.4 is 0 Å². The van der Waals surface area contributed by atoms with Gasteiger partial charge in [-0.3, -0.25) is 4.90 Å². The van der Waals surface area contributed by atoms with Crippen molar-refractivity contribution < 1.29 is 9.84 Å². The van der Waals surface area contributed by atoms with Crippen molar-refractivity contribution in [3.8, 4) is 0 Å². The Morgan fingerprint density at radius 3 is 3.08 bits per heavy atom. The van der Waals surface area contributed by atoms with Gasteiger partial charge in [0.1, 0.15) is 5.82 Å². The molecule has 1 fully saturated rings. The first-order chi connectivity index (χ1) is 11.7. The summed E-state index contributed by atoms with van der Waals surface area (Å²) in [5.41, 5.74) is 0.947. The normalized spacial score (nSPS) is 20.2. The van der Waals surface area contributed by atoms with Crippen molar-refractivity contribution >= 4 is 11.6 Å². The predicted octanol–water partition coefficient (Wildman–Crippen LogP) is 2.82. The summed E-state index contributed by atoms with van der Waals surface area (Å²) in [4.78, 5) is 9.86. The lowest BCUT2D eigenvalue weighted by Crippen LogP contribution is -2.41. The zero-order valence-electron chi connectivity index (χ0n) is 13.7. The molecule has 1 aliphatic heterocycles. The van der Waals surface area contributed by atoms with Gasteiger partial charge in [0.15, 0.2) is 0 Å². The number of ether oxygens (including phenoxy) is 1. The molecule has 1 saturated heterocycles. The third-order valence-electron chi connectivity index (χ3n) is 4.41. The van der Waals surface area contributed by atoms with E-state index in [2.05, 4.69) is 14.9 Å². The fourth-order valence-electron chi connectivity index (χ4n) is 3.22. The summed E-state index contributed by atoms with van der Waals surface area (Å²) >= 11 is 6.10. The number of aromatic nitrogens is 2. The third-order valence-corrected chi connectivity index (χ3v) is 4.77. The Bertz CT molecular complexity index is 620. The number of aliphatic hydroxyl groups excluding tert-OH is 1. The van der Waals surface area contributed by atoms with Crippen LogP contribution in [0.15, 0.2) is 36.7 Å². The number of H-pyrrole nitrogens is 1. The van der Waals surface area contributed by atoms with Crippen LogP contribution in [0, 0.1) is 0 Å². The molecule has 1 aromatic carbocycles. The summed E-state index contributed by atoms with van der Waals surface area (Å²) in [6, 6.07) is 7.61. The number of hydrogen-bond acceptors (Lipinski definition) is 4. The monoisotopic (exact) mass is 349 g/mol. The van der Waals surface area contributed by atoms with E-state index < -0.39 is 6.10 Å². The Labute approximate surface area is 147 Å². The molecule has 2 aromatic rings. The van der Waals surface area contributed by atoms with Crippen LogP contribution >= 0.6 is 11.6 Å². The molecule has 2 heterocycles. The Morgan fingerprint density at radius 2 is 2.29 bits per heavy atom. The molecule has 24 heavy (non-hydrogen) atoms. The van der Waals surface area contributed by atoms with Gasteiger partial charge in [0.2, 0.25) is 0 Å². The number of likely N-dealkylation sites (tertiary alicyclic amines) is 1. The summed E-state index contributed by atoms with van der Waals surface area (Å²) < 4.78 is 5.62. The highest BCUT2D eigenvalue weighted by Gasteiger charge is 2.24. The fraction of sp³-hybridized carbons (Fsp3) is 0.500. The number of hydrogen-bond donors (Lipinski definition) is 2. The molecule has 6 heteroatoms. The number of rotatable bonds is 7. The van der Waals surface area contributed by atoms with Crippen molar-refractivity contribution in [1.82, 2.24) is 14.9 Å². The smallest absolute Gasteiger partial charge is 0.110 e. The van der Waals surface area contributed by atoms with Gasteiger partial charge in [0.05, 0.1) is 19.3 Å². The van der Waals surface area contributed by atoms with Crippen molar-refractivity contribution in [1.29, 1.82) is 0 Å².